The minimum atomic E-state index is -0.641. The lowest BCUT2D eigenvalue weighted by atomic mass is 9.79. The second-order valence-electron chi connectivity index (χ2n) is 9.52. The van der Waals surface area contributed by atoms with E-state index in [1.807, 2.05) is 30.3 Å². The molecule has 2 fully saturated rings. The highest BCUT2D eigenvalue weighted by atomic mass is 16.2. The van der Waals surface area contributed by atoms with Gasteiger partial charge in [-0.2, -0.15) is 0 Å². The first-order valence-corrected chi connectivity index (χ1v) is 10.3. The summed E-state index contributed by atoms with van der Waals surface area (Å²) in [6.45, 7) is 8.80. The van der Waals surface area contributed by atoms with Crippen LogP contribution in [-0.4, -0.2) is 45.9 Å². The van der Waals surface area contributed by atoms with E-state index in [9.17, 15) is 14.4 Å². The molecule has 1 aromatic rings. The minimum Gasteiger partial charge on any atom is -0.353 e. The first-order valence-electron chi connectivity index (χ1n) is 10.3. The SMILES string of the molecule is CC1(C)CC(NC(=O)CCC2NC(=O)N(Cc3ccccc3)C2=O)CC(C)(C)N1. The van der Waals surface area contributed by atoms with Gasteiger partial charge in [-0.15, -0.1) is 0 Å². The Morgan fingerprint density at radius 2 is 1.72 bits per heavy atom. The van der Waals surface area contributed by atoms with Crippen LogP contribution in [0.4, 0.5) is 4.79 Å². The average molecular weight is 401 g/mol. The van der Waals surface area contributed by atoms with Crippen molar-refractivity contribution in [3.63, 3.8) is 0 Å². The summed E-state index contributed by atoms with van der Waals surface area (Å²) in [4.78, 5) is 38.5. The van der Waals surface area contributed by atoms with Crippen molar-refractivity contribution in [2.24, 2.45) is 0 Å². The second-order valence-corrected chi connectivity index (χ2v) is 9.52. The van der Waals surface area contributed by atoms with Gasteiger partial charge in [0.15, 0.2) is 0 Å². The van der Waals surface area contributed by atoms with Crippen molar-refractivity contribution in [1.29, 1.82) is 0 Å². The molecule has 1 unspecified atom stereocenters. The Kier molecular flexibility index (Phi) is 5.98. The van der Waals surface area contributed by atoms with Crippen molar-refractivity contribution in [2.45, 2.75) is 83.1 Å². The molecule has 3 rings (SSSR count). The molecule has 1 aromatic carbocycles. The van der Waals surface area contributed by atoms with Gasteiger partial charge in [0.05, 0.1) is 6.54 Å². The van der Waals surface area contributed by atoms with Crippen LogP contribution < -0.4 is 16.0 Å². The lowest BCUT2D eigenvalue weighted by Gasteiger charge is -2.46. The van der Waals surface area contributed by atoms with Crippen LogP contribution in [0.3, 0.4) is 0 Å². The monoisotopic (exact) mass is 400 g/mol. The first kappa shape index (κ1) is 21.3. The summed E-state index contributed by atoms with van der Waals surface area (Å²) in [6.07, 6.45) is 2.22. The molecule has 0 aromatic heterocycles. The lowest BCUT2D eigenvalue weighted by molar-refractivity contribution is -0.128. The van der Waals surface area contributed by atoms with Crippen molar-refractivity contribution in [3.05, 3.63) is 35.9 Å². The fourth-order valence-corrected chi connectivity index (χ4v) is 4.69. The summed E-state index contributed by atoms with van der Waals surface area (Å²) < 4.78 is 0. The normalized spacial score (nSPS) is 23.7. The number of nitrogens with zero attached hydrogens (tertiary/aromatic N) is 1. The van der Waals surface area contributed by atoms with Crippen molar-refractivity contribution >= 4 is 17.8 Å². The number of rotatable bonds is 6. The summed E-state index contributed by atoms with van der Waals surface area (Å²) in [7, 11) is 0. The Balaban J connectivity index is 1.50. The van der Waals surface area contributed by atoms with Gasteiger partial charge in [0.2, 0.25) is 5.91 Å². The highest BCUT2D eigenvalue weighted by Crippen LogP contribution is 2.28. The topological polar surface area (TPSA) is 90.5 Å². The zero-order valence-electron chi connectivity index (χ0n) is 17.7. The summed E-state index contributed by atoms with van der Waals surface area (Å²) in [6, 6.07) is 8.45. The standard InChI is InChI=1S/C22H32N4O3/c1-21(2)12-16(13-22(3,4)25-21)23-18(27)11-10-17-19(28)26(20(29)24-17)14-15-8-6-5-7-9-15/h5-9,16-17,25H,10-14H2,1-4H3,(H,23,27)(H,24,29). The predicted molar refractivity (Wildman–Crippen MR) is 111 cm³/mol. The Morgan fingerprint density at radius 1 is 1.10 bits per heavy atom. The van der Waals surface area contributed by atoms with Crippen LogP contribution >= 0.6 is 0 Å². The van der Waals surface area contributed by atoms with Crippen LogP contribution in [0.1, 0.15) is 58.9 Å². The van der Waals surface area contributed by atoms with Crippen LogP contribution in [0.15, 0.2) is 30.3 Å². The summed E-state index contributed by atoms with van der Waals surface area (Å²) in [5.41, 5.74) is 0.797. The van der Waals surface area contributed by atoms with Crippen molar-refractivity contribution in [2.75, 3.05) is 0 Å². The molecule has 3 N–H and O–H groups in total. The summed E-state index contributed by atoms with van der Waals surface area (Å²) in [5, 5.41) is 9.42. The Morgan fingerprint density at radius 3 is 2.34 bits per heavy atom. The van der Waals surface area contributed by atoms with Crippen LogP contribution in [0, 0.1) is 0 Å². The highest BCUT2D eigenvalue weighted by molar-refractivity contribution is 6.04. The number of amides is 4. The number of carbonyl (C=O) groups excluding carboxylic acids is 3. The minimum absolute atomic E-state index is 0.0486. The molecule has 0 aliphatic carbocycles. The van der Waals surface area contributed by atoms with Crippen LogP contribution in [-0.2, 0) is 16.1 Å². The van der Waals surface area contributed by atoms with E-state index in [4.69, 9.17) is 0 Å². The van der Waals surface area contributed by atoms with Crippen molar-refractivity contribution < 1.29 is 14.4 Å². The number of piperidine rings is 1. The molecule has 0 saturated carbocycles. The largest absolute Gasteiger partial charge is 0.353 e. The van der Waals surface area contributed by atoms with E-state index >= 15 is 0 Å². The van der Waals surface area contributed by atoms with Crippen LogP contribution in [0.5, 0.6) is 0 Å². The molecule has 29 heavy (non-hydrogen) atoms. The van der Waals surface area contributed by atoms with Gasteiger partial charge in [-0.05, 0) is 52.5 Å². The summed E-state index contributed by atoms with van der Waals surface area (Å²) >= 11 is 0. The molecule has 7 heteroatoms. The van der Waals surface area contributed by atoms with Crippen LogP contribution in [0.2, 0.25) is 0 Å². The zero-order valence-corrected chi connectivity index (χ0v) is 17.7. The number of hydrogen-bond acceptors (Lipinski definition) is 4. The molecule has 0 spiro atoms. The lowest BCUT2D eigenvalue weighted by Crippen LogP contribution is -2.62. The third-order valence-electron chi connectivity index (χ3n) is 5.51. The molecular weight excluding hydrogens is 368 g/mol. The Labute approximate surface area is 172 Å². The first-order chi connectivity index (χ1) is 13.5. The molecule has 2 saturated heterocycles. The van der Waals surface area contributed by atoms with Crippen molar-refractivity contribution in [1.82, 2.24) is 20.9 Å². The highest BCUT2D eigenvalue weighted by Gasteiger charge is 2.39. The number of hydrogen-bond donors (Lipinski definition) is 3. The fourth-order valence-electron chi connectivity index (χ4n) is 4.69. The van der Waals surface area contributed by atoms with E-state index in [-0.39, 0.29) is 41.9 Å². The second kappa shape index (κ2) is 8.14. The Hall–Kier alpha value is -2.41. The molecule has 4 amide bonds. The third-order valence-corrected chi connectivity index (χ3v) is 5.51. The number of carbonyl (C=O) groups is 3. The van der Waals surface area contributed by atoms with Gasteiger partial charge < -0.3 is 16.0 Å². The van der Waals surface area contributed by atoms with E-state index < -0.39 is 12.1 Å². The maximum atomic E-state index is 12.6. The van der Waals surface area contributed by atoms with Gasteiger partial charge >= 0.3 is 6.03 Å². The number of nitrogens with one attached hydrogen (secondary N) is 3. The van der Waals surface area contributed by atoms with E-state index in [0.717, 1.165) is 18.4 Å². The van der Waals surface area contributed by atoms with Gasteiger partial charge in [0, 0.05) is 23.5 Å². The number of imide groups is 1. The smallest absolute Gasteiger partial charge is 0.325 e. The molecule has 1 atom stereocenters. The van der Waals surface area contributed by atoms with E-state index in [1.165, 1.54) is 4.90 Å². The molecule has 7 nitrogen and oxygen atoms in total. The number of benzene rings is 1. The molecule has 0 bridgehead atoms. The molecule has 0 radical (unpaired) electrons. The molecule has 2 aliphatic rings. The number of urea groups is 1. The molecular formula is C22H32N4O3. The van der Waals surface area contributed by atoms with Gasteiger partial charge in [-0.1, -0.05) is 30.3 Å². The van der Waals surface area contributed by atoms with E-state index in [0.29, 0.717) is 6.42 Å². The third kappa shape index (κ3) is 5.56. The maximum Gasteiger partial charge on any atom is 0.325 e. The molecule has 2 aliphatic heterocycles. The maximum absolute atomic E-state index is 12.6. The van der Waals surface area contributed by atoms with Gasteiger partial charge in [-0.3, -0.25) is 14.5 Å². The van der Waals surface area contributed by atoms with Gasteiger partial charge in [0.1, 0.15) is 6.04 Å². The van der Waals surface area contributed by atoms with E-state index in [1.54, 1.807) is 0 Å². The zero-order chi connectivity index (χ0) is 21.2. The fraction of sp³-hybridized carbons (Fsp3) is 0.591. The van der Waals surface area contributed by atoms with Gasteiger partial charge in [-0.25, -0.2) is 4.79 Å². The quantitative estimate of drug-likeness (QED) is 0.639. The van der Waals surface area contributed by atoms with Crippen molar-refractivity contribution in [3.8, 4) is 0 Å². The average Bonchev–Trinajstić information content (AvgIpc) is 2.86. The van der Waals surface area contributed by atoms with Gasteiger partial charge in [0.25, 0.3) is 5.91 Å². The van der Waals surface area contributed by atoms with Crippen LogP contribution in [0.25, 0.3) is 0 Å². The molecule has 2 heterocycles. The predicted octanol–water partition coefficient (Wildman–Crippen LogP) is 2.31. The summed E-state index contributed by atoms with van der Waals surface area (Å²) in [5.74, 6) is -0.345. The molecule has 158 valence electrons. The van der Waals surface area contributed by atoms with E-state index in [2.05, 4.69) is 43.6 Å². The Bertz CT molecular complexity index is 760.